The molecular weight excluding hydrogens is 466 g/mol. The maximum Gasteiger partial charge on any atom is 0.329 e. The first kappa shape index (κ1) is 22.5. The topological polar surface area (TPSA) is 99.1 Å². The molecule has 12 heteroatoms. The lowest BCUT2D eigenvalue weighted by atomic mass is 10.1. The van der Waals surface area contributed by atoms with E-state index in [9.17, 15) is 17.8 Å². The van der Waals surface area contributed by atoms with Gasteiger partial charge in [-0.2, -0.15) is 8.78 Å². The number of fused-ring (bicyclic) bond motifs is 1. The third-order valence-electron chi connectivity index (χ3n) is 6.04. The molecular formula is C22H22F2N6O3S. The third kappa shape index (κ3) is 4.18. The number of alkyl halides is 2. The Hall–Kier alpha value is -3.25. The Labute approximate surface area is 195 Å². The van der Waals surface area contributed by atoms with E-state index in [2.05, 4.69) is 15.2 Å². The normalized spacial score (nSPS) is 16.5. The van der Waals surface area contributed by atoms with Crippen LogP contribution in [0.15, 0.2) is 51.8 Å². The van der Waals surface area contributed by atoms with Crippen molar-refractivity contribution in [3.8, 4) is 11.5 Å². The Kier molecular flexibility index (Phi) is 6.09. The molecule has 5 rings (SSSR count). The standard InChI is InChI=1S/C22H22F2N6O3S/c1-34(32)28-10-8-16(9-11-28)30-18-5-3-2-4-17(18)29(22(30)31)13-15-7-6-14(12-25-15)20-26-27-21(33-20)19(23)24/h2-7,12,16,19H,8-11,13H2,1H3. The number of rotatable bonds is 6. The molecule has 3 aromatic heterocycles. The molecule has 1 aliphatic rings. The van der Waals surface area contributed by atoms with Crippen molar-refractivity contribution in [1.82, 2.24) is 28.6 Å². The number of imidazole rings is 1. The molecule has 1 unspecified atom stereocenters. The van der Waals surface area contributed by atoms with E-state index >= 15 is 0 Å². The summed E-state index contributed by atoms with van der Waals surface area (Å²) in [4.78, 5) is 17.9. The maximum absolute atomic E-state index is 13.5. The van der Waals surface area contributed by atoms with Gasteiger partial charge in [-0.25, -0.2) is 13.3 Å². The van der Waals surface area contributed by atoms with Gasteiger partial charge in [0, 0.05) is 31.6 Å². The fourth-order valence-corrected chi connectivity index (χ4v) is 5.07. The van der Waals surface area contributed by atoms with Gasteiger partial charge in [-0.1, -0.05) is 12.1 Å². The third-order valence-corrected chi connectivity index (χ3v) is 7.13. The molecule has 0 amide bonds. The van der Waals surface area contributed by atoms with Gasteiger partial charge >= 0.3 is 12.1 Å². The molecule has 0 N–H and O–H groups in total. The van der Waals surface area contributed by atoms with Gasteiger partial charge in [0.2, 0.25) is 5.89 Å². The molecule has 9 nitrogen and oxygen atoms in total. The molecule has 0 bridgehead atoms. The van der Waals surface area contributed by atoms with Crippen molar-refractivity contribution in [3.05, 3.63) is 64.7 Å². The van der Waals surface area contributed by atoms with Gasteiger partial charge in [-0.05, 0) is 37.1 Å². The van der Waals surface area contributed by atoms with Gasteiger partial charge in [0.1, 0.15) is 0 Å². The first-order chi connectivity index (χ1) is 16.4. The van der Waals surface area contributed by atoms with Crippen LogP contribution in [0.3, 0.4) is 0 Å². The zero-order valence-electron chi connectivity index (χ0n) is 18.3. The van der Waals surface area contributed by atoms with Crippen LogP contribution in [0.4, 0.5) is 8.78 Å². The fourth-order valence-electron chi connectivity index (χ4n) is 4.34. The van der Waals surface area contributed by atoms with Crippen molar-refractivity contribution in [3.63, 3.8) is 0 Å². The van der Waals surface area contributed by atoms with Crippen molar-refractivity contribution < 1.29 is 17.4 Å². The van der Waals surface area contributed by atoms with Crippen molar-refractivity contribution in [2.45, 2.75) is 31.9 Å². The van der Waals surface area contributed by atoms with E-state index in [1.165, 1.54) is 6.20 Å². The zero-order chi connectivity index (χ0) is 23.8. The number of hydrogen-bond acceptors (Lipinski definition) is 6. The lowest BCUT2D eigenvalue weighted by Crippen LogP contribution is -2.38. The molecule has 4 heterocycles. The Morgan fingerprint density at radius 1 is 1.12 bits per heavy atom. The summed E-state index contributed by atoms with van der Waals surface area (Å²) in [7, 11) is -1.01. The van der Waals surface area contributed by atoms with Gasteiger partial charge in [-0.15, -0.1) is 10.2 Å². The molecule has 4 aromatic rings. The fraction of sp³-hybridized carbons (Fsp3) is 0.364. The van der Waals surface area contributed by atoms with Crippen LogP contribution in [0.25, 0.3) is 22.5 Å². The molecule has 0 saturated carbocycles. The van der Waals surface area contributed by atoms with E-state index in [0.29, 0.717) is 24.3 Å². The summed E-state index contributed by atoms with van der Waals surface area (Å²) in [6.07, 6.45) is 1.78. The minimum Gasteiger partial charge on any atom is -0.415 e. The molecule has 1 fully saturated rings. The predicted molar refractivity (Wildman–Crippen MR) is 122 cm³/mol. The summed E-state index contributed by atoms with van der Waals surface area (Å²) in [5.74, 6) is -0.781. The Morgan fingerprint density at radius 3 is 2.47 bits per heavy atom. The SMILES string of the molecule is CS(=O)N1CCC(n2c(=O)n(Cc3ccc(-c4nnc(C(F)F)o4)cn3)c3ccccc32)CC1. The molecule has 178 valence electrons. The Morgan fingerprint density at radius 2 is 1.85 bits per heavy atom. The van der Waals surface area contributed by atoms with Gasteiger partial charge in [0.15, 0.2) is 0 Å². The average molecular weight is 489 g/mol. The molecule has 1 atom stereocenters. The number of nitrogens with zero attached hydrogens (tertiary/aromatic N) is 6. The van der Waals surface area contributed by atoms with Gasteiger partial charge in [-0.3, -0.25) is 14.1 Å². The minimum absolute atomic E-state index is 0.0235. The number of benzene rings is 1. The lowest BCUT2D eigenvalue weighted by molar-refractivity contribution is 0.116. The highest BCUT2D eigenvalue weighted by molar-refractivity contribution is 7.81. The number of hydrogen-bond donors (Lipinski definition) is 0. The highest BCUT2D eigenvalue weighted by atomic mass is 32.2. The van der Waals surface area contributed by atoms with E-state index < -0.39 is 23.3 Å². The van der Waals surface area contributed by atoms with E-state index in [-0.39, 0.29) is 24.2 Å². The average Bonchev–Trinajstić information content (AvgIpc) is 3.44. The van der Waals surface area contributed by atoms with Crippen LogP contribution >= 0.6 is 0 Å². The predicted octanol–water partition coefficient (Wildman–Crippen LogP) is 3.16. The van der Waals surface area contributed by atoms with E-state index in [1.807, 2.05) is 33.1 Å². The summed E-state index contributed by atoms with van der Waals surface area (Å²) in [6.45, 7) is 1.59. The summed E-state index contributed by atoms with van der Waals surface area (Å²) in [5.41, 5.74) is 2.57. The Balaban J connectivity index is 1.43. The molecule has 0 spiro atoms. The first-order valence-corrected chi connectivity index (χ1v) is 12.3. The van der Waals surface area contributed by atoms with Crippen LogP contribution in [-0.2, 0) is 17.5 Å². The van der Waals surface area contributed by atoms with Crippen molar-refractivity contribution in [1.29, 1.82) is 0 Å². The number of aromatic nitrogens is 5. The van der Waals surface area contributed by atoms with Crippen LogP contribution in [0.1, 0.15) is 36.9 Å². The second-order valence-electron chi connectivity index (χ2n) is 8.10. The molecule has 1 aliphatic heterocycles. The minimum atomic E-state index is -2.84. The van der Waals surface area contributed by atoms with Gasteiger partial charge in [0.25, 0.3) is 5.89 Å². The van der Waals surface area contributed by atoms with E-state index in [4.69, 9.17) is 4.42 Å². The Bertz CT molecular complexity index is 1390. The number of pyridine rings is 1. The van der Waals surface area contributed by atoms with E-state index in [0.717, 1.165) is 23.9 Å². The van der Waals surface area contributed by atoms with Crippen LogP contribution in [0, 0.1) is 0 Å². The molecule has 1 aromatic carbocycles. The molecule has 0 radical (unpaired) electrons. The van der Waals surface area contributed by atoms with Crippen LogP contribution in [0.5, 0.6) is 0 Å². The van der Waals surface area contributed by atoms with Crippen LogP contribution in [-0.4, -0.2) is 52.2 Å². The largest absolute Gasteiger partial charge is 0.415 e. The van der Waals surface area contributed by atoms with Crippen molar-refractivity contribution in [2.75, 3.05) is 19.3 Å². The van der Waals surface area contributed by atoms with Crippen molar-refractivity contribution >= 4 is 22.0 Å². The summed E-state index contributed by atoms with van der Waals surface area (Å²) in [6, 6.07) is 11.0. The van der Waals surface area contributed by atoms with Crippen LogP contribution < -0.4 is 5.69 Å². The zero-order valence-corrected chi connectivity index (χ0v) is 19.1. The van der Waals surface area contributed by atoms with E-state index in [1.54, 1.807) is 23.0 Å². The smallest absolute Gasteiger partial charge is 0.329 e. The van der Waals surface area contributed by atoms with Crippen LogP contribution in [0.2, 0.25) is 0 Å². The number of halogens is 2. The maximum atomic E-state index is 13.5. The second-order valence-corrected chi connectivity index (χ2v) is 9.46. The number of para-hydroxylation sites is 2. The summed E-state index contributed by atoms with van der Waals surface area (Å²) in [5, 5.41) is 6.96. The van der Waals surface area contributed by atoms with Gasteiger partial charge in [0.05, 0.1) is 39.8 Å². The molecule has 0 aliphatic carbocycles. The van der Waals surface area contributed by atoms with Gasteiger partial charge < -0.3 is 4.42 Å². The highest BCUT2D eigenvalue weighted by Gasteiger charge is 2.26. The summed E-state index contributed by atoms with van der Waals surface area (Å²) >= 11 is 0. The quantitative estimate of drug-likeness (QED) is 0.414. The second kappa shape index (κ2) is 9.18. The van der Waals surface area contributed by atoms with Crippen molar-refractivity contribution in [2.24, 2.45) is 0 Å². The molecule has 1 saturated heterocycles. The first-order valence-electron chi connectivity index (χ1n) is 10.8. The number of piperidine rings is 1. The monoisotopic (exact) mass is 488 g/mol. The lowest BCUT2D eigenvalue weighted by Gasteiger charge is -2.30. The summed E-state index contributed by atoms with van der Waals surface area (Å²) < 4.78 is 47.6. The highest BCUT2D eigenvalue weighted by Crippen LogP contribution is 2.27. The molecule has 34 heavy (non-hydrogen) atoms.